The van der Waals surface area contributed by atoms with E-state index in [4.69, 9.17) is 0 Å². The number of hydrogen-bond acceptors (Lipinski definition) is 1. The van der Waals surface area contributed by atoms with Crippen molar-refractivity contribution >= 4 is 5.78 Å². The highest BCUT2D eigenvalue weighted by atomic mass is 16.1. The Labute approximate surface area is 92.5 Å². The van der Waals surface area contributed by atoms with Crippen molar-refractivity contribution in [2.75, 3.05) is 0 Å². The second-order valence-corrected chi connectivity index (χ2v) is 4.35. The Hall–Kier alpha value is -1.11. The normalized spacial score (nSPS) is 12.8. The van der Waals surface area contributed by atoms with Crippen LogP contribution >= 0.6 is 0 Å². The van der Waals surface area contributed by atoms with Crippen LogP contribution in [0.4, 0.5) is 0 Å². The van der Waals surface area contributed by atoms with Crippen molar-refractivity contribution in [2.24, 2.45) is 11.8 Å². The topological polar surface area (TPSA) is 17.1 Å². The Morgan fingerprint density at radius 1 is 1.20 bits per heavy atom. The van der Waals surface area contributed by atoms with Gasteiger partial charge in [0, 0.05) is 11.8 Å². The van der Waals surface area contributed by atoms with Crippen molar-refractivity contribution in [3.8, 4) is 0 Å². The van der Waals surface area contributed by atoms with Crippen LogP contribution in [0.25, 0.3) is 0 Å². The van der Waals surface area contributed by atoms with Crippen LogP contribution < -0.4 is 0 Å². The van der Waals surface area contributed by atoms with Crippen LogP contribution in [0.3, 0.4) is 0 Å². The predicted octanol–water partition coefficient (Wildman–Crippen LogP) is 3.48. The Balaban J connectivity index is 2.66. The van der Waals surface area contributed by atoms with Crippen molar-refractivity contribution in [1.29, 1.82) is 0 Å². The fourth-order valence-electron chi connectivity index (χ4n) is 1.82. The van der Waals surface area contributed by atoms with Gasteiger partial charge in [-0.05, 0) is 18.4 Å². The summed E-state index contributed by atoms with van der Waals surface area (Å²) >= 11 is 0. The second kappa shape index (κ2) is 5.69. The minimum atomic E-state index is 0.152. The molecule has 0 aromatic heterocycles. The van der Waals surface area contributed by atoms with E-state index in [0.717, 1.165) is 12.8 Å². The van der Waals surface area contributed by atoms with E-state index in [-0.39, 0.29) is 11.8 Å². The average molecular weight is 204 g/mol. The van der Waals surface area contributed by atoms with Crippen LogP contribution in [0.1, 0.15) is 32.8 Å². The molecule has 0 radical (unpaired) electrons. The molecule has 1 atom stereocenters. The zero-order chi connectivity index (χ0) is 11.3. The molecule has 0 aliphatic rings. The van der Waals surface area contributed by atoms with Crippen LogP contribution in [-0.4, -0.2) is 5.78 Å². The number of ketones is 1. The Kier molecular flexibility index (Phi) is 4.54. The molecule has 1 heteroatoms. The van der Waals surface area contributed by atoms with Crippen molar-refractivity contribution in [2.45, 2.75) is 33.6 Å². The molecule has 0 saturated heterocycles. The summed E-state index contributed by atoms with van der Waals surface area (Å²) in [5.74, 6) is 0.729. The van der Waals surface area contributed by atoms with E-state index in [1.165, 1.54) is 5.56 Å². The van der Waals surface area contributed by atoms with E-state index in [1.54, 1.807) is 0 Å². The molecule has 1 aromatic carbocycles. The number of hydrogen-bond donors (Lipinski definition) is 0. The van der Waals surface area contributed by atoms with Crippen LogP contribution in [0, 0.1) is 11.8 Å². The first-order valence-electron chi connectivity index (χ1n) is 5.72. The lowest BCUT2D eigenvalue weighted by molar-refractivity contribution is -0.125. The first-order chi connectivity index (χ1) is 7.15. The highest BCUT2D eigenvalue weighted by molar-refractivity contribution is 5.83. The van der Waals surface area contributed by atoms with Crippen molar-refractivity contribution < 1.29 is 4.79 Å². The highest BCUT2D eigenvalue weighted by Crippen LogP contribution is 2.16. The Morgan fingerprint density at radius 3 is 2.27 bits per heavy atom. The summed E-state index contributed by atoms with van der Waals surface area (Å²) in [6, 6.07) is 10.3. The molecule has 0 saturated carbocycles. The summed E-state index contributed by atoms with van der Waals surface area (Å²) in [6.45, 7) is 6.06. The van der Waals surface area contributed by atoms with Gasteiger partial charge in [0.2, 0.25) is 0 Å². The van der Waals surface area contributed by atoms with E-state index in [9.17, 15) is 4.79 Å². The fraction of sp³-hybridized carbons (Fsp3) is 0.500. The first kappa shape index (κ1) is 12.0. The quantitative estimate of drug-likeness (QED) is 0.717. The van der Waals surface area contributed by atoms with E-state index < -0.39 is 0 Å². The maximum absolute atomic E-state index is 11.9. The van der Waals surface area contributed by atoms with Gasteiger partial charge >= 0.3 is 0 Å². The van der Waals surface area contributed by atoms with Crippen LogP contribution in [0.2, 0.25) is 0 Å². The van der Waals surface area contributed by atoms with Crippen molar-refractivity contribution in [1.82, 2.24) is 0 Å². The minimum Gasteiger partial charge on any atom is -0.299 e. The molecular formula is C14H20O. The molecule has 0 amide bonds. The van der Waals surface area contributed by atoms with Gasteiger partial charge < -0.3 is 0 Å². The lowest BCUT2D eigenvalue weighted by Crippen LogP contribution is -2.21. The summed E-state index contributed by atoms with van der Waals surface area (Å²) < 4.78 is 0. The highest BCUT2D eigenvalue weighted by Gasteiger charge is 2.19. The number of carbonyl (C=O) groups excluding carboxylic acids is 1. The molecule has 0 unspecified atom stereocenters. The van der Waals surface area contributed by atoms with Gasteiger partial charge in [0.05, 0.1) is 0 Å². The number of rotatable bonds is 5. The van der Waals surface area contributed by atoms with Gasteiger partial charge in [-0.15, -0.1) is 0 Å². The fourth-order valence-corrected chi connectivity index (χ4v) is 1.82. The third-order valence-electron chi connectivity index (χ3n) is 2.79. The monoisotopic (exact) mass is 204 g/mol. The number of benzene rings is 1. The molecule has 0 bridgehead atoms. The molecule has 15 heavy (non-hydrogen) atoms. The zero-order valence-corrected chi connectivity index (χ0v) is 9.86. The van der Waals surface area contributed by atoms with Crippen molar-refractivity contribution in [3.05, 3.63) is 35.9 Å². The predicted molar refractivity (Wildman–Crippen MR) is 63.8 cm³/mol. The van der Waals surface area contributed by atoms with E-state index in [1.807, 2.05) is 32.0 Å². The van der Waals surface area contributed by atoms with E-state index in [0.29, 0.717) is 5.78 Å². The van der Waals surface area contributed by atoms with Crippen LogP contribution in [0.5, 0.6) is 0 Å². The Morgan fingerprint density at radius 2 is 1.80 bits per heavy atom. The second-order valence-electron chi connectivity index (χ2n) is 4.35. The molecular weight excluding hydrogens is 184 g/mol. The minimum absolute atomic E-state index is 0.152. The van der Waals surface area contributed by atoms with Gasteiger partial charge in [-0.2, -0.15) is 0 Å². The molecule has 0 aliphatic carbocycles. The largest absolute Gasteiger partial charge is 0.299 e. The molecule has 82 valence electrons. The Bertz CT molecular complexity index is 300. The summed E-state index contributed by atoms with van der Waals surface area (Å²) in [6.07, 6.45) is 1.82. The average Bonchev–Trinajstić information content (AvgIpc) is 2.26. The smallest absolute Gasteiger partial charge is 0.138 e. The van der Waals surface area contributed by atoms with Gasteiger partial charge in [0.1, 0.15) is 5.78 Å². The van der Waals surface area contributed by atoms with Gasteiger partial charge in [-0.1, -0.05) is 51.1 Å². The van der Waals surface area contributed by atoms with Crippen molar-refractivity contribution in [3.63, 3.8) is 0 Å². The maximum Gasteiger partial charge on any atom is 0.138 e. The summed E-state index contributed by atoms with van der Waals surface area (Å²) in [5.41, 5.74) is 1.26. The molecule has 1 rings (SSSR count). The molecule has 0 heterocycles. The standard InChI is InChI=1S/C14H20O/c1-4-13(14(15)11(2)3)10-12-8-6-5-7-9-12/h5-9,11,13H,4,10H2,1-3H3/t13-/m1/s1. The third-order valence-corrected chi connectivity index (χ3v) is 2.79. The van der Waals surface area contributed by atoms with E-state index >= 15 is 0 Å². The summed E-state index contributed by atoms with van der Waals surface area (Å²) in [4.78, 5) is 11.9. The first-order valence-corrected chi connectivity index (χ1v) is 5.72. The number of Topliss-reactive ketones (excluding diaryl/α,β-unsaturated/α-hetero) is 1. The van der Waals surface area contributed by atoms with Gasteiger partial charge in [-0.3, -0.25) is 4.79 Å². The molecule has 0 aliphatic heterocycles. The SMILES string of the molecule is CC[C@H](Cc1ccccc1)C(=O)C(C)C. The van der Waals surface area contributed by atoms with Crippen LogP contribution in [-0.2, 0) is 11.2 Å². The third kappa shape index (κ3) is 3.50. The van der Waals surface area contributed by atoms with E-state index in [2.05, 4.69) is 19.1 Å². The zero-order valence-electron chi connectivity index (χ0n) is 9.86. The van der Waals surface area contributed by atoms with Gasteiger partial charge in [0.25, 0.3) is 0 Å². The number of carbonyl (C=O) groups is 1. The van der Waals surface area contributed by atoms with Crippen LogP contribution in [0.15, 0.2) is 30.3 Å². The maximum atomic E-state index is 11.9. The van der Waals surface area contributed by atoms with Gasteiger partial charge in [-0.25, -0.2) is 0 Å². The molecule has 0 N–H and O–H groups in total. The lowest BCUT2D eigenvalue weighted by Gasteiger charge is -2.15. The molecule has 1 aromatic rings. The molecule has 0 fully saturated rings. The lowest BCUT2D eigenvalue weighted by atomic mass is 9.88. The van der Waals surface area contributed by atoms with Gasteiger partial charge in [0.15, 0.2) is 0 Å². The summed E-state index contributed by atoms with van der Waals surface area (Å²) in [5, 5.41) is 0. The molecule has 1 nitrogen and oxygen atoms in total. The summed E-state index contributed by atoms with van der Waals surface area (Å²) in [7, 11) is 0. The molecule has 0 spiro atoms.